The van der Waals surface area contributed by atoms with Crippen molar-refractivity contribution in [3.8, 4) is 0 Å². The molecule has 0 saturated heterocycles. The van der Waals surface area contributed by atoms with E-state index in [2.05, 4.69) is 13.8 Å². The minimum atomic E-state index is -0.312. The van der Waals surface area contributed by atoms with Crippen LogP contribution >= 0.6 is 0 Å². The van der Waals surface area contributed by atoms with Crippen molar-refractivity contribution in [1.82, 2.24) is 0 Å². The standard InChI is InChI=1S/C15H22FNO/c1-5-11(3)10-17(6-2)15-13(12(4)18)8-7-9-14(15)16/h7-9,11H,5-6,10H2,1-4H3. The monoisotopic (exact) mass is 251 g/mol. The molecular weight excluding hydrogens is 229 g/mol. The molecule has 3 heteroatoms. The Bertz CT molecular complexity index is 417. The number of hydrogen-bond acceptors (Lipinski definition) is 2. The van der Waals surface area contributed by atoms with Crippen molar-refractivity contribution >= 4 is 11.5 Å². The van der Waals surface area contributed by atoms with Gasteiger partial charge in [0, 0.05) is 18.7 Å². The Morgan fingerprint density at radius 1 is 1.39 bits per heavy atom. The Morgan fingerprint density at radius 3 is 2.56 bits per heavy atom. The fraction of sp³-hybridized carbons (Fsp3) is 0.533. The van der Waals surface area contributed by atoms with Crippen molar-refractivity contribution in [1.29, 1.82) is 0 Å². The van der Waals surface area contributed by atoms with Gasteiger partial charge in [-0.15, -0.1) is 0 Å². The Labute approximate surface area is 109 Å². The van der Waals surface area contributed by atoms with Crippen LogP contribution in [0.15, 0.2) is 18.2 Å². The van der Waals surface area contributed by atoms with E-state index in [1.54, 1.807) is 12.1 Å². The third kappa shape index (κ3) is 3.31. The predicted octanol–water partition coefficient (Wildman–Crippen LogP) is 3.90. The first-order chi connectivity index (χ1) is 8.51. The highest BCUT2D eigenvalue weighted by molar-refractivity contribution is 5.99. The van der Waals surface area contributed by atoms with Crippen LogP contribution < -0.4 is 4.90 Å². The van der Waals surface area contributed by atoms with Crippen LogP contribution in [-0.4, -0.2) is 18.9 Å². The molecule has 0 fully saturated rings. The Kier molecular flexibility index (Phi) is 5.32. The normalized spacial score (nSPS) is 12.3. The molecule has 0 spiro atoms. The van der Waals surface area contributed by atoms with E-state index in [1.807, 2.05) is 11.8 Å². The van der Waals surface area contributed by atoms with E-state index in [9.17, 15) is 9.18 Å². The van der Waals surface area contributed by atoms with E-state index >= 15 is 0 Å². The molecule has 1 aromatic rings. The van der Waals surface area contributed by atoms with Gasteiger partial charge in [0.1, 0.15) is 5.82 Å². The number of para-hydroxylation sites is 1. The number of ketones is 1. The van der Waals surface area contributed by atoms with E-state index in [-0.39, 0.29) is 11.6 Å². The van der Waals surface area contributed by atoms with Crippen molar-refractivity contribution < 1.29 is 9.18 Å². The van der Waals surface area contributed by atoms with E-state index in [0.29, 0.717) is 23.7 Å². The first kappa shape index (κ1) is 14.7. The second-order valence-electron chi connectivity index (χ2n) is 4.74. The zero-order chi connectivity index (χ0) is 13.7. The summed E-state index contributed by atoms with van der Waals surface area (Å²) in [4.78, 5) is 13.6. The van der Waals surface area contributed by atoms with Crippen molar-refractivity contribution in [2.24, 2.45) is 5.92 Å². The topological polar surface area (TPSA) is 20.3 Å². The van der Waals surface area contributed by atoms with E-state index in [4.69, 9.17) is 0 Å². The minimum Gasteiger partial charge on any atom is -0.369 e. The maximum atomic E-state index is 14.0. The summed E-state index contributed by atoms with van der Waals surface area (Å²) in [6.45, 7) is 9.19. The molecule has 1 unspecified atom stereocenters. The number of halogens is 1. The van der Waals surface area contributed by atoms with E-state index < -0.39 is 0 Å². The smallest absolute Gasteiger partial charge is 0.161 e. The number of anilines is 1. The number of nitrogens with zero attached hydrogens (tertiary/aromatic N) is 1. The summed E-state index contributed by atoms with van der Waals surface area (Å²) in [5.41, 5.74) is 0.924. The molecule has 1 aromatic carbocycles. The molecule has 0 aliphatic rings. The third-order valence-electron chi connectivity index (χ3n) is 3.29. The first-order valence-corrected chi connectivity index (χ1v) is 6.55. The van der Waals surface area contributed by atoms with Crippen LogP contribution in [0.3, 0.4) is 0 Å². The molecule has 0 saturated carbocycles. The molecule has 0 bridgehead atoms. The van der Waals surface area contributed by atoms with Gasteiger partial charge in [0.15, 0.2) is 5.78 Å². The lowest BCUT2D eigenvalue weighted by Crippen LogP contribution is -2.30. The number of carbonyl (C=O) groups excluding carboxylic acids is 1. The van der Waals surface area contributed by atoms with E-state index in [1.165, 1.54) is 13.0 Å². The maximum absolute atomic E-state index is 14.0. The quantitative estimate of drug-likeness (QED) is 0.715. The summed E-state index contributed by atoms with van der Waals surface area (Å²) in [7, 11) is 0. The van der Waals surface area contributed by atoms with Crippen molar-refractivity contribution in [3.05, 3.63) is 29.6 Å². The van der Waals surface area contributed by atoms with Gasteiger partial charge >= 0.3 is 0 Å². The molecule has 18 heavy (non-hydrogen) atoms. The summed E-state index contributed by atoms with van der Waals surface area (Å²) in [6, 6.07) is 4.70. The zero-order valence-corrected chi connectivity index (χ0v) is 11.7. The zero-order valence-electron chi connectivity index (χ0n) is 11.7. The van der Waals surface area contributed by atoms with Crippen LogP contribution in [0.1, 0.15) is 44.5 Å². The molecule has 0 aromatic heterocycles. The largest absolute Gasteiger partial charge is 0.369 e. The Morgan fingerprint density at radius 2 is 2.06 bits per heavy atom. The first-order valence-electron chi connectivity index (χ1n) is 6.55. The van der Waals surface area contributed by atoms with Crippen LogP contribution in [0.4, 0.5) is 10.1 Å². The number of benzene rings is 1. The van der Waals surface area contributed by atoms with Crippen LogP contribution in [0.5, 0.6) is 0 Å². The SMILES string of the molecule is CCC(C)CN(CC)c1c(F)cccc1C(C)=O. The van der Waals surface area contributed by atoms with Gasteiger partial charge in [-0.05, 0) is 31.9 Å². The van der Waals surface area contributed by atoms with Gasteiger partial charge in [0.2, 0.25) is 0 Å². The molecule has 0 aliphatic carbocycles. The van der Waals surface area contributed by atoms with Crippen LogP contribution in [0.25, 0.3) is 0 Å². The Hall–Kier alpha value is -1.38. The summed E-state index contributed by atoms with van der Waals surface area (Å²) >= 11 is 0. The average molecular weight is 251 g/mol. The van der Waals surface area contributed by atoms with Gasteiger partial charge in [0.25, 0.3) is 0 Å². The fourth-order valence-electron chi connectivity index (χ4n) is 2.00. The maximum Gasteiger partial charge on any atom is 0.161 e. The summed E-state index contributed by atoms with van der Waals surface area (Å²) < 4.78 is 14.0. The lowest BCUT2D eigenvalue weighted by Gasteiger charge is -2.28. The summed E-state index contributed by atoms with van der Waals surface area (Å²) in [5, 5.41) is 0. The van der Waals surface area contributed by atoms with Crippen molar-refractivity contribution in [3.63, 3.8) is 0 Å². The molecular formula is C15H22FNO. The summed E-state index contributed by atoms with van der Waals surface area (Å²) in [5.74, 6) is 0.0734. The number of Topliss-reactive ketones (excluding diaryl/α,β-unsaturated/α-hetero) is 1. The highest BCUT2D eigenvalue weighted by atomic mass is 19.1. The molecule has 1 atom stereocenters. The van der Waals surface area contributed by atoms with E-state index in [0.717, 1.165) is 13.0 Å². The summed E-state index contributed by atoms with van der Waals surface area (Å²) in [6.07, 6.45) is 1.04. The molecule has 2 nitrogen and oxygen atoms in total. The number of hydrogen-bond donors (Lipinski definition) is 0. The highest BCUT2D eigenvalue weighted by Gasteiger charge is 2.18. The third-order valence-corrected chi connectivity index (χ3v) is 3.29. The van der Waals surface area contributed by atoms with Crippen LogP contribution in [0.2, 0.25) is 0 Å². The average Bonchev–Trinajstić information content (AvgIpc) is 2.35. The van der Waals surface area contributed by atoms with Crippen molar-refractivity contribution in [2.45, 2.75) is 34.1 Å². The van der Waals surface area contributed by atoms with Crippen LogP contribution in [-0.2, 0) is 0 Å². The molecule has 100 valence electrons. The molecule has 0 amide bonds. The minimum absolute atomic E-state index is 0.0906. The Balaban J connectivity index is 3.15. The molecule has 0 N–H and O–H groups in total. The second kappa shape index (κ2) is 6.53. The van der Waals surface area contributed by atoms with Gasteiger partial charge in [-0.2, -0.15) is 0 Å². The van der Waals surface area contributed by atoms with Gasteiger partial charge < -0.3 is 4.90 Å². The van der Waals surface area contributed by atoms with Crippen molar-refractivity contribution in [2.75, 3.05) is 18.0 Å². The van der Waals surface area contributed by atoms with Gasteiger partial charge in [-0.1, -0.05) is 26.3 Å². The predicted molar refractivity (Wildman–Crippen MR) is 73.7 cm³/mol. The number of carbonyl (C=O) groups is 1. The second-order valence-corrected chi connectivity index (χ2v) is 4.74. The van der Waals surface area contributed by atoms with Gasteiger partial charge in [-0.25, -0.2) is 4.39 Å². The molecule has 0 heterocycles. The molecule has 0 aliphatic heterocycles. The van der Waals surface area contributed by atoms with Gasteiger partial charge in [-0.3, -0.25) is 4.79 Å². The lowest BCUT2D eigenvalue weighted by molar-refractivity contribution is 0.101. The fourth-order valence-corrected chi connectivity index (χ4v) is 2.00. The lowest BCUT2D eigenvalue weighted by atomic mass is 10.0. The molecule has 0 radical (unpaired) electrons. The van der Waals surface area contributed by atoms with Crippen LogP contribution in [0, 0.1) is 11.7 Å². The number of rotatable bonds is 6. The molecule has 1 rings (SSSR count). The van der Waals surface area contributed by atoms with Gasteiger partial charge in [0.05, 0.1) is 5.69 Å². The highest BCUT2D eigenvalue weighted by Crippen LogP contribution is 2.26.